The van der Waals surface area contributed by atoms with Gasteiger partial charge in [-0.1, -0.05) is 0 Å². The van der Waals surface area contributed by atoms with Crippen molar-refractivity contribution in [1.82, 2.24) is 15.5 Å². The van der Waals surface area contributed by atoms with Crippen molar-refractivity contribution in [3.05, 3.63) is 23.5 Å². The second-order valence-corrected chi connectivity index (χ2v) is 4.03. The van der Waals surface area contributed by atoms with Gasteiger partial charge in [0, 0.05) is 6.42 Å². The Morgan fingerprint density at radius 2 is 2.06 bits per heavy atom. The lowest BCUT2D eigenvalue weighted by Gasteiger charge is -1.94. The maximum absolute atomic E-state index is 5.60. The van der Waals surface area contributed by atoms with E-state index in [9.17, 15) is 0 Å². The standard InChI is InChI=1S/C12H17N3O2/c1-8-7-10(9(2)16-8)12-15-14-11(17-12)5-4-6-13-3/h7,13H,4-6H2,1-3H3. The molecule has 0 atom stereocenters. The minimum atomic E-state index is 0.541. The average Bonchev–Trinajstić information content (AvgIpc) is 2.86. The Hall–Kier alpha value is -1.62. The molecule has 0 aliphatic rings. The monoisotopic (exact) mass is 235 g/mol. The maximum Gasteiger partial charge on any atom is 0.251 e. The third-order valence-corrected chi connectivity index (χ3v) is 2.56. The highest BCUT2D eigenvalue weighted by atomic mass is 16.4. The molecule has 0 aromatic carbocycles. The third-order valence-electron chi connectivity index (χ3n) is 2.56. The van der Waals surface area contributed by atoms with Gasteiger partial charge in [-0.25, -0.2) is 0 Å². The second kappa shape index (κ2) is 5.14. The number of aryl methyl sites for hydroxylation is 3. The summed E-state index contributed by atoms with van der Waals surface area (Å²) in [5.74, 6) is 2.88. The Bertz CT molecular complexity index is 488. The van der Waals surface area contributed by atoms with Crippen LogP contribution in [-0.2, 0) is 6.42 Å². The molecule has 0 unspecified atom stereocenters. The summed E-state index contributed by atoms with van der Waals surface area (Å²) in [4.78, 5) is 0. The van der Waals surface area contributed by atoms with E-state index < -0.39 is 0 Å². The van der Waals surface area contributed by atoms with E-state index in [1.54, 1.807) is 0 Å². The molecule has 0 amide bonds. The summed E-state index contributed by atoms with van der Waals surface area (Å²) in [6.45, 7) is 4.75. The van der Waals surface area contributed by atoms with Gasteiger partial charge >= 0.3 is 0 Å². The molecular weight excluding hydrogens is 218 g/mol. The van der Waals surface area contributed by atoms with Crippen molar-refractivity contribution >= 4 is 0 Å². The fourth-order valence-electron chi connectivity index (χ4n) is 1.72. The van der Waals surface area contributed by atoms with E-state index in [0.717, 1.165) is 36.5 Å². The lowest BCUT2D eigenvalue weighted by Crippen LogP contribution is -2.08. The first-order chi connectivity index (χ1) is 8.20. The van der Waals surface area contributed by atoms with Gasteiger partial charge in [-0.15, -0.1) is 10.2 Å². The fraction of sp³-hybridized carbons (Fsp3) is 0.500. The van der Waals surface area contributed by atoms with Gasteiger partial charge in [0.25, 0.3) is 5.89 Å². The lowest BCUT2D eigenvalue weighted by molar-refractivity contribution is 0.487. The predicted molar refractivity (Wildman–Crippen MR) is 63.7 cm³/mol. The summed E-state index contributed by atoms with van der Waals surface area (Å²) in [5.41, 5.74) is 0.884. The van der Waals surface area contributed by atoms with Gasteiger partial charge in [0.2, 0.25) is 5.89 Å². The largest absolute Gasteiger partial charge is 0.466 e. The highest BCUT2D eigenvalue weighted by Gasteiger charge is 2.14. The van der Waals surface area contributed by atoms with Crippen LogP contribution in [0, 0.1) is 13.8 Å². The van der Waals surface area contributed by atoms with Crippen molar-refractivity contribution in [3.8, 4) is 11.5 Å². The van der Waals surface area contributed by atoms with Gasteiger partial charge in [-0.2, -0.15) is 0 Å². The highest BCUT2D eigenvalue weighted by molar-refractivity contribution is 5.55. The molecule has 17 heavy (non-hydrogen) atoms. The number of nitrogens with one attached hydrogen (secondary N) is 1. The molecule has 0 saturated carbocycles. The van der Waals surface area contributed by atoms with E-state index in [1.807, 2.05) is 27.0 Å². The van der Waals surface area contributed by atoms with Gasteiger partial charge in [0.15, 0.2) is 0 Å². The van der Waals surface area contributed by atoms with Gasteiger partial charge in [0.1, 0.15) is 11.5 Å². The average molecular weight is 235 g/mol. The first-order valence-corrected chi connectivity index (χ1v) is 5.75. The van der Waals surface area contributed by atoms with Gasteiger partial charge < -0.3 is 14.2 Å². The summed E-state index contributed by atoms with van der Waals surface area (Å²) in [5, 5.41) is 11.2. The van der Waals surface area contributed by atoms with Crippen LogP contribution in [0.25, 0.3) is 11.5 Å². The minimum absolute atomic E-state index is 0.541. The first kappa shape index (κ1) is 11.9. The highest BCUT2D eigenvalue weighted by Crippen LogP contribution is 2.25. The zero-order valence-corrected chi connectivity index (χ0v) is 10.4. The summed E-state index contributed by atoms with van der Waals surface area (Å²) < 4.78 is 11.0. The fourth-order valence-corrected chi connectivity index (χ4v) is 1.72. The quantitative estimate of drug-likeness (QED) is 0.804. The molecule has 0 fully saturated rings. The minimum Gasteiger partial charge on any atom is -0.466 e. The van der Waals surface area contributed by atoms with E-state index >= 15 is 0 Å². The van der Waals surface area contributed by atoms with Crippen LogP contribution in [0.4, 0.5) is 0 Å². The molecule has 0 aliphatic carbocycles. The zero-order valence-electron chi connectivity index (χ0n) is 10.4. The third kappa shape index (κ3) is 2.74. The summed E-state index contributed by atoms with van der Waals surface area (Å²) >= 11 is 0. The van der Waals surface area contributed by atoms with Crippen LogP contribution in [0.3, 0.4) is 0 Å². The van der Waals surface area contributed by atoms with E-state index in [2.05, 4.69) is 15.5 Å². The van der Waals surface area contributed by atoms with Crippen LogP contribution in [0.15, 0.2) is 14.9 Å². The Kier molecular flexibility index (Phi) is 3.58. The number of nitrogens with zero attached hydrogens (tertiary/aromatic N) is 2. The molecule has 0 spiro atoms. The normalized spacial score (nSPS) is 11.0. The Morgan fingerprint density at radius 3 is 2.71 bits per heavy atom. The molecule has 2 heterocycles. The topological polar surface area (TPSA) is 64.1 Å². The number of hydrogen-bond acceptors (Lipinski definition) is 5. The van der Waals surface area contributed by atoms with Crippen LogP contribution in [0.5, 0.6) is 0 Å². The zero-order chi connectivity index (χ0) is 12.3. The molecule has 2 aromatic heterocycles. The molecule has 2 rings (SSSR count). The Balaban J connectivity index is 2.10. The molecule has 0 saturated heterocycles. The number of furan rings is 1. The van der Waals surface area contributed by atoms with Crippen LogP contribution in [0.2, 0.25) is 0 Å². The van der Waals surface area contributed by atoms with Crippen molar-refractivity contribution in [2.24, 2.45) is 0 Å². The van der Waals surface area contributed by atoms with Crippen LogP contribution in [-0.4, -0.2) is 23.8 Å². The van der Waals surface area contributed by atoms with E-state index in [-0.39, 0.29) is 0 Å². The van der Waals surface area contributed by atoms with Crippen LogP contribution < -0.4 is 5.32 Å². The molecular formula is C12H17N3O2. The molecule has 1 N–H and O–H groups in total. The number of aromatic nitrogens is 2. The number of hydrogen-bond donors (Lipinski definition) is 1. The van der Waals surface area contributed by atoms with Crippen molar-refractivity contribution in [2.75, 3.05) is 13.6 Å². The Morgan fingerprint density at radius 1 is 1.24 bits per heavy atom. The predicted octanol–water partition coefficient (Wildman–Crippen LogP) is 2.10. The molecule has 5 heteroatoms. The summed E-state index contributed by atoms with van der Waals surface area (Å²) in [6.07, 6.45) is 1.78. The summed E-state index contributed by atoms with van der Waals surface area (Å²) in [6, 6.07) is 1.92. The molecule has 92 valence electrons. The first-order valence-electron chi connectivity index (χ1n) is 5.75. The van der Waals surface area contributed by atoms with Crippen LogP contribution in [0.1, 0.15) is 23.8 Å². The van der Waals surface area contributed by atoms with Crippen molar-refractivity contribution in [2.45, 2.75) is 26.7 Å². The lowest BCUT2D eigenvalue weighted by atomic mass is 10.2. The molecule has 0 aliphatic heterocycles. The maximum atomic E-state index is 5.60. The van der Waals surface area contributed by atoms with Crippen molar-refractivity contribution < 1.29 is 8.83 Å². The van der Waals surface area contributed by atoms with E-state index in [0.29, 0.717) is 11.8 Å². The van der Waals surface area contributed by atoms with Crippen molar-refractivity contribution in [1.29, 1.82) is 0 Å². The number of rotatable bonds is 5. The SMILES string of the molecule is CNCCCc1nnc(-c2cc(C)oc2C)o1. The molecule has 0 radical (unpaired) electrons. The second-order valence-electron chi connectivity index (χ2n) is 4.03. The van der Waals surface area contributed by atoms with E-state index in [4.69, 9.17) is 8.83 Å². The summed E-state index contributed by atoms with van der Waals surface area (Å²) in [7, 11) is 1.93. The Labute approximate surface area is 100 Å². The molecule has 5 nitrogen and oxygen atoms in total. The van der Waals surface area contributed by atoms with Crippen LogP contribution >= 0.6 is 0 Å². The van der Waals surface area contributed by atoms with Gasteiger partial charge in [-0.3, -0.25) is 0 Å². The van der Waals surface area contributed by atoms with E-state index in [1.165, 1.54) is 0 Å². The van der Waals surface area contributed by atoms with Gasteiger partial charge in [0.05, 0.1) is 5.56 Å². The molecule has 2 aromatic rings. The smallest absolute Gasteiger partial charge is 0.251 e. The molecule has 0 bridgehead atoms. The van der Waals surface area contributed by atoms with Gasteiger partial charge in [-0.05, 0) is 39.9 Å². The van der Waals surface area contributed by atoms with Crippen molar-refractivity contribution in [3.63, 3.8) is 0 Å².